The Labute approximate surface area is 158 Å². The predicted molar refractivity (Wildman–Crippen MR) is 102 cm³/mol. The summed E-state index contributed by atoms with van der Waals surface area (Å²) < 4.78 is 13.0. The van der Waals surface area contributed by atoms with E-state index in [9.17, 15) is 14.3 Å². The Balaban J connectivity index is 1.39. The van der Waals surface area contributed by atoms with Gasteiger partial charge in [-0.15, -0.1) is 0 Å². The van der Waals surface area contributed by atoms with Gasteiger partial charge in [-0.25, -0.2) is 4.39 Å². The van der Waals surface area contributed by atoms with Crippen molar-refractivity contribution in [2.24, 2.45) is 0 Å². The number of carbonyl (C=O) groups is 1. The van der Waals surface area contributed by atoms with Crippen molar-refractivity contribution in [2.75, 3.05) is 37.6 Å². The molecule has 3 rings (SSSR count). The van der Waals surface area contributed by atoms with Gasteiger partial charge in [-0.05, 0) is 43.3 Å². The van der Waals surface area contributed by atoms with Crippen LogP contribution in [0.1, 0.15) is 17.8 Å². The molecule has 1 aliphatic rings. The van der Waals surface area contributed by atoms with Crippen molar-refractivity contribution in [3.63, 3.8) is 0 Å². The van der Waals surface area contributed by atoms with Crippen molar-refractivity contribution < 1.29 is 14.3 Å². The van der Waals surface area contributed by atoms with Crippen molar-refractivity contribution in [2.45, 2.75) is 19.9 Å². The lowest BCUT2D eigenvalue weighted by atomic mass is 10.2. The van der Waals surface area contributed by atoms with Crippen LogP contribution in [0.5, 0.6) is 5.75 Å². The Morgan fingerprint density at radius 1 is 1.15 bits per heavy atom. The highest BCUT2D eigenvalue weighted by Gasteiger charge is 2.20. The van der Waals surface area contributed by atoms with Gasteiger partial charge < -0.3 is 20.2 Å². The number of piperazine rings is 1. The molecule has 1 fully saturated rings. The number of nitrogens with one attached hydrogen (secondary N) is 1. The molecule has 1 aromatic carbocycles. The maximum absolute atomic E-state index is 13.0. The number of benzene rings is 1. The summed E-state index contributed by atoms with van der Waals surface area (Å²) in [6.07, 6.45) is 0.406. The summed E-state index contributed by atoms with van der Waals surface area (Å²) in [7, 11) is 0. The van der Waals surface area contributed by atoms with Crippen LogP contribution in [-0.4, -0.2) is 53.6 Å². The molecule has 0 unspecified atom stereocenters. The molecule has 2 N–H and O–H groups in total. The van der Waals surface area contributed by atoms with Crippen molar-refractivity contribution in [3.8, 4) is 5.75 Å². The lowest BCUT2D eigenvalue weighted by molar-refractivity contribution is -0.131. The fourth-order valence-corrected chi connectivity index (χ4v) is 3.16. The fourth-order valence-electron chi connectivity index (χ4n) is 3.16. The van der Waals surface area contributed by atoms with Gasteiger partial charge in [0.05, 0.1) is 5.69 Å². The number of pyridine rings is 1. The fraction of sp³-hybridized carbons (Fsp3) is 0.400. The van der Waals surface area contributed by atoms with E-state index in [2.05, 4.69) is 15.2 Å². The van der Waals surface area contributed by atoms with Crippen LogP contribution in [0.15, 0.2) is 36.4 Å². The molecule has 1 amide bonds. The Hall–Kier alpha value is -2.67. The van der Waals surface area contributed by atoms with Crippen LogP contribution >= 0.6 is 0 Å². The summed E-state index contributed by atoms with van der Waals surface area (Å²) >= 11 is 0. The van der Waals surface area contributed by atoms with E-state index >= 15 is 0 Å². The predicted octanol–water partition coefficient (Wildman–Crippen LogP) is 2.06. The molecule has 0 spiro atoms. The molecule has 0 saturated carbocycles. The van der Waals surface area contributed by atoms with Crippen LogP contribution in [0.2, 0.25) is 0 Å². The van der Waals surface area contributed by atoms with Crippen LogP contribution < -0.4 is 10.2 Å². The number of aromatic hydroxyl groups is 1. The largest absolute Gasteiger partial charge is 0.506 e. The minimum absolute atomic E-state index is 0.114. The van der Waals surface area contributed by atoms with Gasteiger partial charge in [0.2, 0.25) is 5.91 Å². The van der Waals surface area contributed by atoms with Crippen molar-refractivity contribution >= 4 is 11.6 Å². The minimum Gasteiger partial charge on any atom is -0.506 e. The van der Waals surface area contributed by atoms with Crippen LogP contribution in [0, 0.1) is 12.7 Å². The third kappa shape index (κ3) is 5.17. The van der Waals surface area contributed by atoms with Gasteiger partial charge >= 0.3 is 0 Å². The molecule has 144 valence electrons. The standard InChI is InChI=1S/C20H25FN4O2/c1-15-2-7-19(26)18(23-15)14-22-9-8-20(27)25-12-10-24(11-13-25)17-5-3-16(21)4-6-17/h2-7,22,26H,8-14H2,1H3. The molecule has 1 saturated heterocycles. The summed E-state index contributed by atoms with van der Waals surface area (Å²) in [4.78, 5) is 20.7. The number of anilines is 1. The molecule has 0 bridgehead atoms. The van der Waals surface area contributed by atoms with Crippen molar-refractivity contribution in [1.29, 1.82) is 0 Å². The molecule has 2 aromatic rings. The van der Waals surface area contributed by atoms with Crippen molar-refractivity contribution in [1.82, 2.24) is 15.2 Å². The van der Waals surface area contributed by atoms with Crippen LogP contribution in [-0.2, 0) is 11.3 Å². The topological polar surface area (TPSA) is 68.7 Å². The lowest BCUT2D eigenvalue weighted by Crippen LogP contribution is -2.49. The molecule has 1 aliphatic heterocycles. The molecule has 7 heteroatoms. The van der Waals surface area contributed by atoms with E-state index in [-0.39, 0.29) is 17.5 Å². The lowest BCUT2D eigenvalue weighted by Gasteiger charge is -2.36. The van der Waals surface area contributed by atoms with E-state index in [4.69, 9.17) is 0 Å². The number of aryl methyl sites for hydroxylation is 1. The van der Waals surface area contributed by atoms with E-state index in [1.807, 2.05) is 11.8 Å². The number of rotatable bonds is 6. The molecule has 0 radical (unpaired) electrons. The van der Waals surface area contributed by atoms with Crippen LogP contribution in [0.3, 0.4) is 0 Å². The Morgan fingerprint density at radius 3 is 2.56 bits per heavy atom. The van der Waals surface area contributed by atoms with Gasteiger partial charge in [0.1, 0.15) is 11.6 Å². The van der Waals surface area contributed by atoms with E-state index in [1.54, 1.807) is 24.3 Å². The third-order valence-electron chi connectivity index (χ3n) is 4.72. The first-order chi connectivity index (χ1) is 13.0. The normalized spacial score (nSPS) is 14.4. The minimum atomic E-state index is -0.241. The molecule has 0 atom stereocenters. The second-order valence-electron chi connectivity index (χ2n) is 6.69. The summed E-state index contributed by atoms with van der Waals surface area (Å²) in [5, 5.41) is 12.9. The summed E-state index contributed by atoms with van der Waals surface area (Å²) in [6, 6.07) is 9.84. The number of nitrogens with zero attached hydrogens (tertiary/aromatic N) is 3. The number of aromatic nitrogens is 1. The number of hydrogen-bond donors (Lipinski definition) is 2. The first-order valence-corrected chi connectivity index (χ1v) is 9.17. The van der Waals surface area contributed by atoms with Gasteiger partial charge in [-0.3, -0.25) is 9.78 Å². The highest BCUT2D eigenvalue weighted by molar-refractivity contribution is 5.76. The number of hydrogen-bond acceptors (Lipinski definition) is 5. The van der Waals surface area contributed by atoms with Gasteiger partial charge in [0.15, 0.2) is 0 Å². The summed E-state index contributed by atoms with van der Waals surface area (Å²) in [6.45, 7) is 5.65. The van der Waals surface area contributed by atoms with E-state index < -0.39 is 0 Å². The Bertz CT molecular complexity index is 774. The van der Waals surface area contributed by atoms with Crippen LogP contribution in [0.25, 0.3) is 0 Å². The first kappa shape index (κ1) is 19.1. The average molecular weight is 372 g/mol. The average Bonchev–Trinajstić information content (AvgIpc) is 2.68. The molecule has 1 aromatic heterocycles. The molecular formula is C20H25FN4O2. The second kappa shape index (κ2) is 8.81. The van der Waals surface area contributed by atoms with Crippen molar-refractivity contribution in [3.05, 3.63) is 53.6 Å². The number of amides is 1. The zero-order valence-electron chi connectivity index (χ0n) is 15.5. The van der Waals surface area contributed by atoms with Gasteiger partial charge in [-0.1, -0.05) is 0 Å². The van der Waals surface area contributed by atoms with E-state index in [0.717, 1.165) is 24.5 Å². The maximum Gasteiger partial charge on any atom is 0.223 e. The SMILES string of the molecule is Cc1ccc(O)c(CNCCC(=O)N2CCN(c3ccc(F)cc3)CC2)n1. The van der Waals surface area contributed by atoms with Gasteiger partial charge in [0.25, 0.3) is 0 Å². The Kier molecular flexibility index (Phi) is 6.24. The maximum atomic E-state index is 13.0. The zero-order valence-corrected chi connectivity index (χ0v) is 15.5. The number of halogens is 1. The molecule has 27 heavy (non-hydrogen) atoms. The monoisotopic (exact) mass is 372 g/mol. The smallest absolute Gasteiger partial charge is 0.223 e. The van der Waals surface area contributed by atoms with Gasteiger partial charge in [0, 0.05) is 57.1 Å². The quantitative estimate of drug-likeness (QED) is 0.760. The third-order valence-corrected chi connectivity index (χ3v) is 4.72. The molecular weight excluding hydrogens is 347 g/mol. The number of carbonyl (C=O) groups excluding carboxylic acids is 1. The highest BCUT2D eigenvalue weighted by Crippen LogP contribution is 2.17. The first-order valence-electron chi connectivity index (χ1n) is 9.17. The van der Waals surface area contributed by atoms with E-state index in [1.165, 1.54) is 12.1 Å². The highest BCUT2D eigenvalue weighted by atomic mass is 19.1. The molecule has 0 aliphatic carbocycles. The Morgan fingerprint density at radius 2 is 1.85 bits per heavy atom. The molecule has 2 heterocycles. The summed E-state index contributed by atoms with van der Waals surface area (Å²) in [5.74, 6) is 0.0354. The van der Waals surface area contributed by atoms with E-state index in [0.29, 0.717) is 38.3 Å². The van der Waals surface area contributed by atoms with Gasteiger partial charge in [-0.2, -0.15) is 0 Å². The zero-order chi connectivity index (χ0) is 19.2. The molecule has 6 nitrogen and oxygen atoms in total. The summed E-state index contributed by atoms with van der Waals surface area (Å²) in [5.41, 5.74) is 2.42. The second-order valence-corrected chi connectivity index (χ2v) is 6.69. The van der Waals surface area contributed by atoms with Crippen LogP contribution in [0.4, 0.5) is 10.1 Å².